The van der Waals surface area contributed by atoms with E-state index >= 15 is 0 Å². The molecular formula is C15H30N2. The topological polar surface area (TPSA) is 15.3 Å². The summed E-state index contributed by atoms with van der Waals surface area (Å²) in [7, 11) is 0. The highest BCUT2D eigenvalue weighted by molar-refractivity contribution is 4.99. The second-order valence-electron chi connectivity index (χ2n) is 6.57. The standard InChI is InChI=1S/C15H30N2/c1-4-17-12-15(8-6-5-7-9-15)16-11-14(17)10-13(2)3/h13-14,16H,4-12H2,1-3H3. The normalized spacial score (nSPS) is 30.0. The van der Waals surface area contributed by atoms with E-state index < -0.39 is 0 Å². The van der Waals surface area contributed by atoms with Crippen LogP contribution in [0.15, 0.2) is 0 Å². The third kappa shape index (κ3) is 3.23. The van der Waals surface area contributed by atoms with E-state index in [1.807, 2.05) is 0 Å². The van der Waals surface area contributed by atoms with Crippen molar-refractivity contribution in [1.29, 1.82) is 0 Å². The van der Waals surface area contributed by atoms with Gasteiger partial charge in [0.2, 0.25) is 0 Å². The molecule has 1 unspecified atom stereocenters. The van der Waals surface area contributed by atoms with Crippen LogP contribution in [0.5, 0.6) is 0 Å². The molecule has 0 radical (unpaired) electrons. The van der Waals surface area contributed by atoms with Crippen LogP contribution >= 0.6 is 0 Å². The van der Waals surface area contributed by atoms with E-state index in [4.69, 9.17) is 0 Å². The molecule has 17 heavy (non-hydrogen) atoms. The number of rotatable bonds is 3. The molecule has 0 aromatic carbocycles. The van der Waals surface area contributed by atoms with Gasteiger partial charge in [0, 0.05) is 24.7 Å². The molecule has 2 nitrogen and oxygen atoms in total. The van der Waals surface area contributed by atoms with Crippen molar-refractivity contribution in [2.75, 3.05) is 19.6 Å². The Bertz CT molecular complexity index is 231. The summed E-state index contributed by atoms with van der Waals surface area (Å²) in [4.78, 5) is 2.74. The fourth-order valence-electron chi connectivity index (χ4n) is 3.75. The molecule has 0 aromatic heterocycles. The first-order valence-electron chi connectivity index (χ1n) is 7.64. The van der Waals surface area contributed by atoms with E-state index in [-0.39, 0.29) is 0 Å². The average Bonchev–Trinajstić information content (AvgIpc) is 2.32. The Hall–Kier alpha value is -0.0800. The highest BCUT2D eigenvalue weighted by Gasteiger charge is 2.39. The molecule has 2 aliphatic rings. The van der Waals surface area contributed by atoms with Crippen LogP contribution in [0.1, 0.15) is 59.3 Å². The van der Waals surface area contributed by atoms with Gasteiger partial charge in [-0.25, -0.2) is 0 Å². The van der Waals surface area contributed by atoms with Gasteiger partial charge in [0.1, 0.15) is 0 Å². The number of nitrogens with zero attached hydrogens (tertiary/aromatic N) is 1. The molecule has 1 saturated carbocycles. The van der Waals surface area contributed by atoms with Gasteiger partial charge in [-0.3, -0.25) is 4.90 Å². The molecule has 1 spiro atoms. The van der Waals surface area contributed by atoms with Crippen molar-refractivity contribution in [3.63, 3.8) is 0 Å². The summed E-state index contributed by atoms with van der Waals surface area (Å²) in [5, 5.41) is 3.91. The van der Waals surface area contributed by atoms with Crippen LogP contribution in [0.2, 0.25) is 0 Å². The van der Waals surface area contributed by atoms with E-state index in [2.05, 4.69) is 31.0 Å². The molecule has 2 heteroatoms. The SMILES string of the molecule is CCN1CC2(CCCCC2)NCC1CC(C)C. The predicted molar refractivity (Wildman–Crippen MR) is 74.3 cm³/mol. The van der Waals surface area contributed by atoms with Gasteiger partial charge in [0.25, 0.3) is 0 Å². The lowest BCUT2D eigenvalue weighted by atomic mass is 9.79. The summed E-state index contributed by atoms with van der Waals surface area (Å²) >= 11 is 0. The minimum absolute atomic E-state index is 0.474. The molecule has 1 heterocycles. The molecule has 1 atom stereocenters. The minimum atomic E-state index is 0.474. The van der Waals surface area contributed by atoms with Gasteiger partial charge in [0.05, 0.1) is 0 Å². The molecule has 0 amide bonds. The monoisotopic (exact) mass is 238 g/mol. The zero-order chi connectivity index (χ0) is 12.3. The molecule has 1 aliphatic carbocycles. The summed E-state index contributed by atoms with van der Waals surface area (Å²) in [6.45, 7) is 10.8. The van der Waals surface area contributed by atoms with Crippen LogP contribution < -0.4 is 5.32 Å². The van der Waals surface area contributed by atoms with Crippen molar-refractivity contribution in [2.24, 2.45) is 5.92 Å². The first-order chi connectivity index (χ1) is 8.15. The molecule has 100 valence electrons. The third-order valence-corrected chi connectivity index (χ3v) is 4.70. The molecular weight excluding hydrogens is 208 g/mol. The van der Waals surface area contributed by atoms with Crippen LogP contribution in [-0.4, -0.2) is 36.1 Å². The Morgan fingerprint density at radius 2 is 1.94 bits per heavy atom. The highest BCUT2D eigenvalue weighted by atomic mass is 15.2. The summed E-state index contributed by atoms with van der Waals surface area (Å²) in [5.41, 5.74) is 0.474. The number of likely N-dealkylation sites (N-methyl/N-ethyl adjacent to an activating group) is 1. The fraction of sp³-hybridized carbons (Fsp3) is 1.00. The Labute approximate surface area is 107 Å². The summed E-state index contributed by atoms with van der Waals surface area (Å²) in [6, 6.07) is 0.771. The Morgan fingerprint density at radius 1 is 1.24 bits per heavy atom. The van der Waals surface area contributed by atoms with E-state index in [1.165, 1.54) is 58.2 Å². The van der Waals surface area contributed by atoms with Crippen molar-refractivity contribution in [3.05, 3.63) is 0 Å². The second-order valence-corrected chi connectivity index (χ2v) is 6.57. The van der Waals surface area contributed by atoms with Crippen LogP contribution in [0.3, 0.4) is 0 Å². The molecule has 1 aliphatic heterocycles. The van der Waals surface area contributed by atoms with Gasteiger partial charge in [0.15, 0.2) is 0 Å². The molecule has 0 bridgehead atoms. The van der Waals surface area contributed by atoms with E-state index in [9.17, 15) is 0 Å². The first-order valence-corrected chi connectivity index (χ1v) is 7.64. The molecule has 2 rings (SSSR count). The van der Waals surface area contributed by atoms with Gasteiger partial charge in [-0.1, -0.05) is 40.0 Å². The van der Waals surface area contributed by atoms with Crippen LogP contribution in [0, 0.1) is 5.92 Å². The quantitative estimate of drug-likeness (QED) is 0.813. The Balaban J connectivity index is 1.96. The number of nitrogens with one attached hydrogen (secondary N) is 1. The molecule has 2 fully saturated rings. The first kappa shape index (κ1) is 13.4. The molecule has 1 saturated heterocycles. The van der Waals surface area contributed by atoms with Crippen molar-refractivity contribution >= 4 is 0 Å². The lowest BCUT2D eigenvalue weighted by Crippen LogP contribution is -2.64. The maximum absolute atomic E-state index is 3.91. The van der Waals surface area contributed by atoms with E-state index in [1.54, 1.807) is 0 Å². The van der Waals surface area contributed by atoms with Crippen LogP contribution in [0.25, 0.3) is 0 Å². The van der Waals surface area contributed by atoms with Gasteiger partial charge in [-0.05, 0) is 31.7 Å². The van der Waals surface area contributed by atoms with Gasteiger partial charge < -0.3 is 5.32 Å². The second kappa shape index (κ2) is 5.71. The Kier molecular flexibility index (Phi) is 4.48. The summed E-state index contributed by atoms with van der Waals surface area (Å²) in [6.07, 6.45) is 8.45. The van der Waals surface area contributed by atoms with Crippen molar-refractivity contribution in [2.45, 2.75) is 70.9 Å². The maximum atomic E-state index is 3.91. The van der Waals surface area contributed by atoms with Crippen molar-refractivity contribution in [3.8, 4) is 0 Å². The van der Waals surface area contributed by atoms with E-state index in [0.717, 1.165) is 12.0 Å². The van der Waals surface area contributed by atoms with Crippen LogP contribution in [-0.2, 0) is 0 Å². The van der Waals surface area contributed by atoms with Crippen LogP contribution in [0.4, 0.5) is 0 Å². The zero-order valence-corrected chi connectivity index (χ0v) is 12.0. The van der Waals surface area contributed by atoms with Crippen molar-refractivity contribution < 1.29 is 0 Å². The largest absolute Gasteiger partial charge is 0.308 e. The smallest absolute Gasteiger partial charge is 0.0309 e. The third-order valence-electron chi connectivity index (χ3n) is 4.70. The molecule has 1 N–H and O–H groups in total. The average molecular weight is 238 g/mol. The predicted octanol–water partition coefficient (Wildman–Crippen LogP) is 3.03. The summed E-state index contributed by atoms with van der Waals surface area (Å²) in [5.74, 6) is 0.816. The fourth-order valence-corrected chi connectivity index (χ4v) is 3.75. The number of hydrogen-bond acceptors (Lipinski definition) is 2. The van der Waals surface area contributed by atoms with Gasteiger partial charge in [-0.15, -0.1) is 0 Å². The molecule has 0 aromatic rings. The highest BCUT2D eigenvalue weighted by Crippen LogP contribution is 2.32. The zero-order valence-electron chi connectivity index (χ0n) is 12.0. The van der Waals surface area contributed by atoms with E-state index in [0.29, 0.717) is 5.54 Å². The Morgan fingerprint density at radius 3 is 2.53 bits per heavy atom. The van der Waals surface area contributed by atoms with Gasteiger partial charge >= 0.3 is 0 Å². The lowest BCUT2D eigenvalue weighted by molar-refractivity contribution is 0.0510. The number of piperazine rings is 1. The minimum Gasteiger partial charge on any atom is -0.308 e. The number of hydrogen-bond donors (Lipinski definition) is 1. The van der Waals surface area contributed by atoms with Crippen molar-refractivity contribution in [1.82, 2.24) is 10.2 Å². The lowest BCUT2D eigenvalue weighted by Gasteiger charge is -2.50. The van der Waals surface area contributed by atoms with Gasteiger partial charge in [-0.2, -0.15) is 0 Å². The summed E-state index contributed by atoms with van der Waals surface area (Å²) < 4.78 is 0. The maximum Gasteiger partial charge on any atom is 0.0309 e.